The molecule has 5 N–H and O–H groups in total. The van der Waals surface area contributed by atoms with Crippen LogP contribution in [0.15, 0.2) is 24.3 Å². The summed E-state index contributed by atoms with van der Waals surface area (Å²) in [5.41, 5.74) is 6.30. The van der Waals surface area contributed by atoms with Crippen molar-refractivity contribution >= 4 is 17.7 Å². The summed E-state index contributed by atoms with van der Waals surface area (Å²) >= 11 is 0. The second-order valence-corrected chi connectivity index (χ2v) is 7.19. The lowest BCUT2D eigenvalue weighted by Crippen LogP contribution is -2.47. The van der Waals surface area contributed by atoms with Crippen LogP contribution in [0.1, 0.15) is 70.3 Å². The highest BCUT2D eigenvalue weighted by Gasteiger charge is 2.21. The average molecular weight is 392 g/mol. The molecule has 1 aromatic rings. The number of phenols is 1. The highest BCUT2D eigenvalue weighted by atomic mass is 16.3. The van der Waals surface area contributed by atoms with E-state index in [0.29, 0.717) is 13.0 Å². The van der Waals surface area contributed by atoms with Gasteiger partial charge in [-0.15, -0.1) is 0 Å². The van der Waals surface area contributed by atoms with Crippen molar-refractivity contribution in [1.82, 2.24) is 10.6 Å². The van der Waals surface area contributed by atoms with Gasteiger partial charge in [-0.25, -0.2) is 0 Å². The van der Waals surface area contributed by atoms with E-state index in [2.05, 4.69) is 17.6 Å². The second-order valence-electron chi connectivity index (χ2n) is 7.19. The molecule has 0 fully saturated rings. The van der Waals surface area contributed by atoms with Gasteiger partial charge in [-0.2, -0.15) is 0 Å². The molecule has 0 aliphatic heterocycles. The molecule has 0 aliphatic rings. The number of rotatable bonds is 13. The molecule has 0 saturated heterocycles. The Balaban J connectivity index is 2.39. The van der Waals surface area contributed by atoms with Gasteiger partial charge in [0.1, 0.15) is 11.8 Å². The van der Waals surface area contributed by atoms with Crippen LogP contribution < -0.4 is 16.4 Å². The number of carbonyl (C=O) groups is 3. The molecule has 7 heteroatoms. The van der Waals surface area contributed by atoms with Gasteiger partial charge in [0.15, 0.2) is 0 Å². The summed E-state index contributed by atoms with van der Waals surface area (Å²) in [5.74, 6) is -1.11. The molecule has 0 spiro atoms. The molecule has 0 heterocycles. The van der Waals surface area contributed by atoms with Crippen molar-refractivity contribution in [3.8, 4) is 5.75 Å². The first-order chi connectivity index (χ1) is 13.3. The molecule has 0 aromatic heterocycles. The average Bonchev–Trinajstić information content (AvgIpc) is 2.66. The van der Waals surface area contributed by atoms with Gasteiger partial charge in [0.05, 0.1) is 6.42 Å². The normalized spacial score (nSPS) is 12.8. The van der Waals surface area contributed by atoms with Gasteiger partial charge in [0.25, 0.3) is 0 Å². The second kappa shape index (κ2) is 12.8. The fourth-order valence-electron chi connectivity index (χ4n) is 2.82. The Bertz CT molecular complexity index is 631. The third kappa shape index (κ3) is 9.39. The van der Waals surface area contributed by atoms with Crippen LogP contribution in [0.2, 0.25) is 0 Å². The Morgan fingerprint density at radius 3 is 2.29 bits per heavy atom. The fraction of sp³-hybridized carbons (Fsp3) is 0.571. The minimum absolute atomic E-state index is 0.0364. The largest absolute Gasteiger partial charge is 0.508 e. The van der Waals surface area contributed by atoms with E-state index in [1.165, 1.54) is 0 Å². The molecular formula is C21H33N3O4. The number of nitrogens with two attached hydrogens (primary N) is 1. The maximum atomic E-state index is 12.2. The summed E-state index contributed by atoms with van der Waals surface area (Å²) in [6.45, 7) is 4.44. The lowest BCUT2D eigenvalue weighted by molar-refractivity contribution is -0.130. The van der Waals surface area contributed by atoms with E-state index in [9.17, 15) is 19.5 Å². The Hall–Kier alpha value is -2.57. The Kier molecular flexibility index (Phi) is 10.7. The molecule has 0 radical (unpaired) electrons. The first kappa shape index (κ1) is 23.5. The number of phenolic OH excluding ortho intramolecular Hbond substituents is 1. The Morgan fingerprint density at radius 1 is 1.04 bits per heavy atom. The van der Waals surface area contributed by atoms with Gasteiger partial charge in [0, 0.05) is 13.0 Å². The number of carbonyl (C=O) groups excluding carboxylic acids is 3. The molecule has 0 bridgehead atoms. The molecule has 0 aliphatic carbocycles. The van der Waals surface area contributed by atoms with Crippen LogP contribution in [0.5, 0.6) is 5.75 Å². The summed E-state index contributed by atoms with van der Waals surface area (Å²) in [6.07, 6.45) is 5.24. The maximum Gasteiger partial charge on any atom is 0.240 e. The predicted octanol–water partition coefficient (Wildman–Crippen LogP) is 2.33. The summed E-state index contributed by atoms with van der Waals surface area (Å²) in [7, 11) is 0. The molecule has 1 rings (SSSR count). The molecule has 7 nitrogen and oxygen atoms in total. The number of nitrogens with one attached hydrogen (secondary N) is 2. The highest BCUT2D eigenvalue weighted by Crippen LogP contribution is 2.17. The molecule has 3 amide bonds. The van der Waals surface area contributed by atoms with E-state index >= 15 is 0 Å². The van der Waals surface area contributed by atoms with Crippen molar-refractivity contribution in [2.45, 2.75) is 70.8 Å². The first-order valence-corrected chi connectivity index (χ1v) is 9.97. The topological polar surface area (TPSA) is 122 Å². The zero-order valence-corrected chi connectivity index (χ0v) is 16.9. The smallest absolute Gasteiger partial charge is 0.240 e. The van der Waals surface area contributed by atoms with E-state index in [0.717, 1.165) is 37.7 Å². The van der Waals surface area contributed by atoms with Crippen LogP contribution in [-0.4, -0.2) is 35.4 Å². The van der Waals surface area contributed by atoms with Crippen LogP contribution in [0.4, 0.5) is 0 Å². The van der Waals surface area contributed by atoms with Crippen molar-refractivity contribution in [1.29, 1.82) is 0 Å². The van der Waals surface area contributed by atoms with Gasteiger partial charge in [0.2, 0.25) is 17.7 Å². The number of hydrogen-bond donors (Lipinski definition) is 4. The van der Waals surface area contributed by atoms with Crippen LogP contribution in [-0.2, 0) is 14.4 Å². The summed E-state index contributed by atoms with van der Waals surface area (Å²) in [4.78, 5) is 35.7. The van der Waals surface area contributed by atoms with Gasteiger partial charge in [-0.3, -0.25) is 14.4 Å². The molecule has 28 heavy (non-hydrogen) atoms. The minimum Gasteiger partial charge on any atom is -0.508 e. The predicted molar refractivity (Wildman–Crippen MR) is 109 cm³/mol. The Morgan fingerprint density at radius 2 is 1.68 bits per heavy atom. The van der Waals surface area contributed by atoms with Gasteiger partial charge in [-0.05, 0) is 30.0 Å². The zero-order chi connectivity index (χ0) is 20.9. The number of unbranched alkanes of at least 4 members (excludes halogenated alkanes) is 4. The lowest BCUT2D eigenvalue weighted by atomic mass is 10.0. The third-order valence-electron chi connectivity index (χ3n) is 4.64. The number of aromatic hydroxyl groups is 1. The van der Waals surface area contributed by atoms with E-state index in [4.69, 9.17) is 5.73 Å². The van der Waals surface area contributed by atoms with E-state index in [1.807, 2.05) is 6.92 Å². The van der Waals surface area contributed by atoms with E-state index in [1.54, 1.807) is 24.3 Å². The maximum absolute atomic E-state index is 12.2. The highest BCUT2D eigenvalue weighted by molar-refractivity contribution is 5.91. The number of benzene rings is 1. The molecular weight excluding hydrogens is 358 g/mol. The summed E-state index contributed by atoms with van der Waals surface area (Å²) < 4.78 is 0. The van der Waals surface area contributed by atoms with Crippen LogP contribution in [0.25, 0.3) is 0 Å². The first-order valence-electron chi connectivity index (χ1n) is 9.97. The minimum atomic E-state index is -1.01. The number of hydrogen-bond acceptors (Lipinski definition) is 4. The zero-order valence-electron chi connectivity index (χ0n) is 16.9. The third-order valence-corrected chi connectivity index (χ3v) is 4.64. The van der Waals surface area contributed by atoms with Crippen molar-refractivity contribution in [3.05, 3.63) is 29.8 Å². The summed E-state index contributed by atoms with van der Waals surface area (Å²) in [5, 5.41) is 14.6. The van der Waals surface area contributed by atoms with E-state index < -0.39 is 11.9 Å². The van der Waals surface area contributed by atoms with Crippen LogP contribution in [0, 0.1) is 0 Å². The van der Waals surface area contributed by atoms with Crippen molar-refractivity contribution in [2.75, 3.05) is 6.54 Å². The van der Waals surface area contributed by atoms with Crippen LogP contribution >= 0.6 is 0 Å². The number of primary amides is 1. The molecule has 2 atom stereocenters. The molecule has 0 saturated carbocycles. The monoisotopic (exact) mass is 391 g/mol. The van der Waals surface area contributed by atoms with Gasteiger partial charge >= 0.3 is 0 Å². The van der Waals surface area contributed by atoms with E-state index in [-0.39, 0.29) is 29.9 Å². The standard InChI is InChI=1S/C21H33N3O4/c1-3-4-5-6-7-8-19(26)24-18(21(22)28)13-20(27)23-14-15(2)16-9-11-17(25)12-10-16/h9-12,15,18,25H,3-8,13-14H2,1-2H3,(H2,22,28)(H,23,27)(H,24,26)/t15-,18+/m0/s1. The van der Waals surface area contributed by atoms with Crippen molar-refractivity contribution < 1.29 is 19.5 Å². The van der Waals surface area contributed by atoms with Crippen LogP contribution in [0.3, 0.4) is 0 Å². The Labute approximate surface area is 167 Å². The van der Waals surface area contributed by atoms with Crippen molar-refractivity contribution in [2.24, 2.45) is 5.73 Å². The van der Waals surface area contributed by atoms with Crippen molar-refractivity contribution in [3.63, 3.8) is 0 Å². The summed E-state index contributed by atoms with van der Waals surface area (Å²) in [6, 6.07) is 5.76. The SMILES string of the molecule is CCCCCCCC(=O)N[C@H](CC(=O)NC[C@H](C)c1ccc(O)cc1)C(N)=O. The fourth-order valence-corrected chi connectivity index (χ4v) is 2.82. The molecule has 0 unspecified atom stereocenters. The molecule has 156 valence electrons. The lowest BCUT2D eigenvalue weighted by Gasteiger charge is -2.17. The number of amides is 3. The van der Waals surface area contributed by atoms with Gasteiger partial charge < -0.3 is 21.5 Å². The quantitative estimate of drug-likeness (QED) is 0.386. The van der Waals surface area contributed by atoms with Gasteiger partial charge in [-0.1, -0.05) is 51.7 Å². The molecule has 1 aromatic carbocycles.